The van der Waals surface area contributed by atoms with Crippen LogP contribution in [-0.2, 0) is 6.42 Å². The first kappa shape index (κ1) is 19.1. The summed E-state index contributed by atoms with van der Waals surface area (Å²) < 4.78 is 18.5. The standard InChI is InChI=1S/C21H27FN4O/c1-23-21(24-13-11-16-5-3-2-4-6-16)25-14-12-19-15-27-20(26-19)17-7-9-18(22)10-8-17/h5,7-10,15H,2-4,6,11-14H2,1H3,(H2,23,24,25). The monoisotopic (exact) mass is 370 g/mol. The van der Waals surface area contributed by atoms with E-state index >= 15 is 0 Å². The van der Waals surface area contributed by atoms with E-state index in [-0.39, 0.29) is 5.82 Å². The van der Waals surface area contributed by atoms with Crippen molar-refractivity contribution in [3.05, 3.63) is 53.7 Å². The van der Waals surface area contributed by atoms with Gasteiger partial charge in [-0.3, -0.25) is 4.99 Å². The second-order valence-corrected chi connectivity index (χ2v) is 6.68. The summed E-state index contributed by atoms with van der Waals surface area (Å²) in [5.41, 5.74) is 3.18. The van der Waals surface area contributed by atoms with Crippen LogP contribution in [0.2, 0.25) is 0 Å². The largest absolute Gasteiger partial charge is 0.444 e. The average Bonchev–Trinajstić information content (AvgIpc) is 3.17. The lowest BCUT2D eigenvalue weighted by molar-refractivity contribution is 0.571. The first-order valence-electron chi connectivity index (χ1n) is 9.57. The number of benzene rings is 1. The number of hydrogen-bond acceptors (Lipinski definition) is 3. The molecule has 5 nitrogen and oxygen atoms in total. The normalized spacial score (nSPS) is 14.7. The molecule has 0 bridgehead atoms. The molecule has 0 amide bonds. The lowest BCUT2D eigenvalue weighted by Crippen LogP contribution is -2.38. The van der Waals surface area contributed by atoms with Crippen LogP contribution in [0, 0.1) is 5.82 Å². The van der Waals surface area contributed by atoms with Gasteiger partial charge in [-0.2, -0.15) is 0 Å². The fourth-order valence-corrected chi connectivity index (χ4v) is 3.15. The molecule has 6 heteroatoms. The van der Waals surface area contributed by atoms with E-state index in [1.807, 2.05) is 0 Å². The van der Waals surface area contributed by atoms with Gasteiger partial charge in [0.25, 0.3) is 0 Å². The zero-order chi connectivity index (χ0) is 18.9. The molecular weight excluding hydrogens is 343 g/mol. The van der Waals surface area contributed by atoms with E-state index in [0.717, 1.165) is 36.6 Å². The van der Waals surface area contributed by atoms with E-state index in [1.165, 1.54) is 37.8 Å². The summed E-state index contributed by atoms with van der Waals surface area (Å²) in [7, 11) is 1.78. The van der Waals surface area contributed by atoms with Crippen molar-refractivity contribution in [1.29, 1.82) is 0 Å². The molecule has 1 aliphatic rings. The predicted molar refractivity (Wildman–Crippen MR) is 106 cm³/mol. The molecule has 0 fully saturated rings. The summed E-state index contributed by atoms with van der Waals surface area (Å²) >= 11 is 0. The quantitative estimate of drug-likeness (QED) is 0.438. The molecule has 1 aromatic carbocycles. The van der Waals surface area contributed by atoms with Crippen LogP contribution in [0.5, 0.6) is 0 Å². The lowest BCUT2D eigenvalue weighted by atomic mass is 9.97. The highest BCUT2D eigenvalue weighted by Crippen LogP contribution is 2.20. The smallest absolute Gasteiger partial charge is 0.226 e. The maximum absolute atomic E-state index is 13.0. The third-order valence-corrected chi connectivity index (χ3v) is 4.66. The van der Waals surface area contributed by atoms with Gasteiger partial charge in [-0.1, -0.05) is 11.6 Å². The number of hydrogen-bond donors (Lipinski definition) is 2. The van der Waals surface area contributed by atoms with Crippen LogP contribution < -0.4 is 10.6 Å². The Morgan fingerprint density at radius 3 is 2.63 bits per heavy atom. The van der Waals surface area contributed by atoms with Gasteiger partial charge in [0.2, 0.25) is 5.89 Å². The van der Waals surface area contributed by atoms with Crippen LogP contribution in [-0.4, -0.2) is 31.1 Å². The summed E-state index contributed by atoms with van der Waals surface area (Å²) in [6.07, 6.45) is 10.9. The van der Waals surface area contributed by atoms with Crippen LogP contribution in [0.1, 0.15) is 37.8 Å². The van der Waals surface area contributed by atoms with E-state index in [2.05, 4.69) is 26.7 Å². The molecule has 0 saturated heterocycles. The minimum absolute atomic E-state index is 0.270. The Morgan fingerprint density at radius 1 is 1.15 bits per heavy atom. The molecule has 0 unspecified atom stereocenters. The fraction of sp³-hybridized carbons (Fsp3) is 0.429. The molecule has 27 heavy (non-hydrogen) atoms. The number of nitrogens with zero attached hydrogens (tertiary/aromatic N) is 2. The van der Waals surface area contributed by atoms with E-state index in [9.17, 15) is 4.39 Å². The van der Waals surface area contributed by atoms with Gasteiger partial charge in [0, 0.05) is 32.1 Å². The highest BCUT2D eigenvalue weighted by atomic mass is 19.1. The average molecular weight is 370 g/mol. The summed E-state index contributed by atoms with van der Waals surface area (Å²) in [6, 6.07) is 6.13. The molecule has 1 heterocycles. The van der Waals surface area contributed by atoms with Gasteiger partial charge < -0.3 is 15.1 Å². The Balaban J connectivity index is 1.40. The zero-order valence-corrected chi connectivity index (χ0v) is 15.8. The van der Waals surface area contributed by atoms with Crippen molar-refractivity contribution in [2.75, 3.05) is 20.1 Å². The van der Waals surface area contributed by atoms with Crippen molar-refractivity contribution < 1.29 is 8.81 Å². The van der Waals surface area contributed by atoms with Crippen molar-refractivity contribution in [3.63, 3.8) is 0 Å². The van der Waals surface area contributed by atoms with Gasteiger partial charge in [-0.05, 0) is 56.4 Å². The Morgan fingerprint density at radius 2 is 1.93 bits per heavy atom. The minimum atomic E-state index is -0.270. The van der Waals surface area contributed by atoms with Crippen molar-refractivity contribution in [3.8, 4) is 11.5 Å². The molecule has 2 aromatic rings. The summed E-state index contributed by atoms with van der Waals surface area (Å²) in [5, 5.41) is 6.66. The first-order valence-corrected chi connectivity index (χ1v) is 9.57. The predicted octanol–water partition coefficient (Wildman–Crippen LogP) is 4.08. The molecular formula is C21H27FN4O. The number of nitrogens with one attached hydrogen (secondary N) is 2. The second kappa shape index (κ2) is 9.90. The Kier molecular flexibility index (Phi) is 7.02. The Hall–Kier alpha value is -2.63. The molecule has 1 aromatic heterocycles. The van der Waals surface area contributed by atoms with Crippen LogP contribution >= 0.6 is 0 Å². The number of rotatable bonds is 7. The van der Waals surface area contributed by atoms with Crippen LogP contribution in [0.25, 0.3) is 11.5 Å². The fourth-order valence-electron chi connectivity index (χ4n) is 3.15. The summed E-state index contributed by atoms with van der Waals surface area (Å²) in [4.78, 5) is 8.72. The highest BCUT2D eigenvalue weighted by Gasteiger charge is 2.08. The molecule has 3 rings (SSSR count). The Labute approximate surface area is 159 Å². The molecule has 0 atom stereocenters. The molecule has 0 saturated carbocycles. The maximum Gasteiger partial charge on any atom is 0.226 e. The number of aromatic nitrogens is 1. The summed E-state index contributed by atoms with van der Waals surface area (Å²) in [5.74, 6) is 1.04. The number of halogens is 1. The van der Waals surface area contributed by atoms with Crippen LogP contribution in [0.4, 0.5) is 4.39 Å². The molecule has 0 spiro atoms. The van der Waals surface area contributed by atoms with Gasteiger partial charge in [0.15, 0.2) is 5.96 Å². The van der Waals surface area contributed by atoms with Gasteiger partial charge in [-0.15, -0.1) is 0 Å². The van der Waals surface area contributed by atoms with Gasteiger partial charge in [0.05, 0.1) is 5.69 Å². The van der Waals surface area contributed by atoms with E-state index in [0.29, 0.717) is 12.4 Å². The SMILES string of the molecule is CN=C(NCCC1=CCCCC1)NCCc1coc(-c2ccc(F)cc2)n1. The lowest BCUT2D eigenvalue weighted by Gasteiger charge is -2.15. The maximum atomic E-state index is 13.0. The number of oxazole rings is 1. The molecule has 0 radical (unpaired) electrons. The van der Waals surface area contributed by atoms with E-state index in [4.69, 9.17) is 4.42 Å². The minimum Gasteiger partial charge on any atom is -0.444 e. The topological polar surface area (TPSA) is 62.5 Å². The number of aliphatic imine (C=N–C) groups is 1. The van der Waals surface area contributed by atoms with Gasteiger partial charge in [-0.25, -0.2) is 9.37 Å². The van der Waals surface area contributed by atoms with Crippen LogP contribution in [0.15, 0.2) is 51.6 Å². The molecule has 1 aliphatic carbocycles. The van der Waals surface area contributed by atoms with Crippen molar-refractivity contribution in [2.45, 2.75) is 38.5 Å². The third-order valence-electron chi connectivity index (χ3n) is 4.66. The first-order chi connectivity index (χ1) is 13.2. The molecule has 2 N–H and O–H groups in total. The van der Waals surface area contributed by atoms with E-state index < -0.39 is 0 Å². The Bertz CT molecular complexity index is 780. The van der Waals surface area contributed by atoms with Gasteiger partial charge >= 0.3 is 0 Å². The molecule has 0 aliphatic heterocycles. The van der Waals surface area contributed by atoms with Crippen molar-refractivity contribution in [1.82, 2.24) is 15.6 Å². The van der Waals surface area contributed by atoms with Crippen molar-refractivity contribution in [2.24, 2.45) is 4.99 Å². The third kappa shape index (κ3) is 5.94. The number of allylic oxidation sites excluding steroid dienone is 1. The van der Waals surface area contributed by atoms with Crippen molar-refractivity contribution >= 4 is 5.96 Å². The summed E-state index contributed by atoms with van der Waals surface area (Å²) in [6.45, 7) is 1.60. The second-order valence-electron chi connectivity index (χ2n) is 6.68. The zero-order valence-electron chi connectivity index (χ0n) is 15.8. The van der Waals surface area contributed by atoms with E-state index in [1.54, 1.807) is 31.0 Å². The molecule has 144 valence electrons. The van der Waals surface area contributed by atoms with Crippen LogP contribution in [0.3, 0.4) is 0 Å². The number of guanidine groups is 1. The van der Waals surface area contributed by atoms with Gasteiger partial charge in [0.1, 0.15) is 12.1 Å². The highest BCUT2D eigenvalue weighted by molar-refractivity contribution is 5.79.